The lowest BCUT2D eigenvalue weighted by molar-refractivity contribution is 0.0519. The molecule has 1 amide bonds. The molecule has 1 aromatic heterocycles. The number of fused-ring (bicyclic) bond motifs is 2. The van der Waals surface area contributed by atoms with Gasteiger partial charge in [0.2, 0.25) is 0 Å². The van der Waals surface area contributed by atoms with Gasteiger partial charge in [0.15, 0.2) is 0 Å². The topological polar surface area (TPSA) is 38.1 Å². The van der Waals surface area contributed by atoms with Crippen LogP contribution in [-0.4, -0.2) is 32.7 Å². The summed E-state index contributed by atoms with van der Waals surface area (Å²) in [6.45, 7) is 0. The summed E-state index contributed by atoms with van der Waals surface area (Å²) < 4.78 is 15.9. The molecule has 4 rings (SSSR count). The van der Waals surface area contributed by atoms with Crippen molar-refractivity contribution >= 4 is 5.91 Å². The van der Waals surface area contributed by atoms with Crippen molar-refractivity contribution in [3.8, 4) is 0 Å². The Labute approximate surface area is 128 Å². The van der Waals surface area contributed by atoms with Crippen LogP contribution in [0.2, 0.25) is 0 Å². The summed E-state index contributed by atoms with van der Waals surface area (Å²) in [5.74, 6) is -0.592. The van der Waals surface area contributed by atoms with Crippen LogP contribution in [0.1, 0.15) is 42.1 Å². The lowest BCUT2D eigenvalue weighted by atomic mass is 9.96. The van der Waals surface area contributed by atoms with Crippen molar-refractivity contribution in [1.82, 2.24) is 14.7 Å². The number of rotatable bonds is 2. The van der Waals surface area contributed by atoms with E-state index in [0.717, 1.165) is 25.7 Å². The highest BCUT2D eigenvalue weighted by molar-refractivity contribution is 5.95. The highest BCUT2D eigenvalue weighted by Gasteiger charge is 2.44. The van der Waals surface area contributed by atoms with E-state index < -0.39 is 5.82 Å². The van der Waals surface area contributed by atoms with E-state index in [0.29, 0.717) is 6.04 Å². The largest absolute Gasteiger partial charge is 0.332 e. The third-order valence-electron chi connectivity index (χ3n) is 4.95. The van der Waals surface area contributed by atoms with Crippen LogP contribution in [0.15, 0.2) is 42.7 Å². The van der Waals surface area contributed by atoms with Crippen molar-refractivity contribution in [1.29, 1.82) is 0 Å². The number of carbonyl (C=O) groups excluding carboxylic acids is 1. The molecule has 4 nitrogen and oxygen atoms in total. The van der Waals surface area contributed by atoms with Gasteiger partial charge in [0.1, 0.15) is 5.82 Å². The summed E-state index contributed by atoms with van der Waals surface area (Å²) in [5, 5.41) is 4.33. The predicted molar refractivity (Wildman–Crippen MR) is 79.9 cm³/mol. The maximum absolute atomic E-state index is 13.9. The number of carbonyl (C=O) groups is 1. The number of aromatic nitrogens is 2. The van der Waals surface area contributed by atoms with Gasteiger partial charge in [0.25, 0.3) is 5.91 Å². The normalized spacial score (nSPS) is 27.1. The van der Waals surface area contributed by atoms with E-state index in [4.69, 9.17) is 0 Å². The Hall–Kier alpha value is -2.17. The molecule has 0 saturated carbocycles. The Morgan fingerprint density at radius 2 is 1.82 bits per heavy atom. The van der Waals surface area contributed by atoms with Crippen molar-refractivity contribution in [3.05, 3.63) is 54.1 Å². The van der Waals surface area contributed by atoms with Crippen LogP contribution in [0.3, 0.4) is 0 Å². The molecule has 3 heterocycles. The minimum absolute atomic E-state index is 0.162. The zero-order valence-electron chi connectivity index (χ0n) is 12.2. The van der Waals surface area contributed by atoms with Crippen molar-refractivity contribution in [2.45, 2.75) is 43.8 Å². The van der Waals surface area contributed by atoms with Crippen molar-refractivity contribution in [3.63, 3.8) is 0 Å². The molecule has 2 unspecified atom stereocenters. The fourth-order valence-electron chi connectivity index (χ4n) is 3.97. The molecule has 2 saturated heterocycles. The molecule has 2 aromatic rings. The molecule has 2 aliphatic heterocycles. The van der Waals surface area contributed by atoms with E-state index in [1.54, 1.807) is 24.4 Å². The molecule has 0 spiro atoms. The average Bonchev–Trinajstić information content (AvgIpc) is 3.14. The van der Waals surface area contributed by atoms with E-state index >= 15 is 0 Å². The van der Waals surface area contributed by atoms with Crippen molar-refractivity contribution in [2.75, 3.05) is 0 Å². The Morgan fingerprint density at radius 3 is 2.45 bits per heavy atom. The van der Waals surface area contributed by atoms with E-state index in [9.17, 15) is 9.18 Å². The second-order valence-corrected chi connectivity index (χ2v) is 6.19. The first-order chi connectivity index (χ1) is 10.7. The zero-order chi connectivity index (χ0) is 15.1. The highest BCUT2D eigenvalue weighted by Crippen LogP contribution is 2.41. The van der Waals surface area contributed by atoms with Crippen LogP contribution in [0.4, 0.5) is 4.39 Å². The molecule has 22 heavy (non-hydrogen) atoms. The molecule has 2 aliphatic rings. The molecular weight excluding hydrogens is 281 g/mol. The fourth-order valence-corrected chi connectivity index (χ4v) is 3.97. The summed E-state index contributed by atoms with van der Waals surface area (Å²) in [5.41, 5.74) is 0.192. The number of piperidine rings is 1. The lowest BCUT2D eigenvalue weighted by Gasteiger charge is -2.39. The fraction of sp³-hybridized carbons (Fsp3) is 0.412. The van der Waals surface area contributed by atoms with Gasteiger partial charge in [-0.2, -0.15) is 5.10 Å². The predicted octanol–water partition coefficient (Wildman–Crippen LogP) is 3.03. The molecule has 0 N–H and O–H groups in total. The molecule has 2 bridgehead atoms. The number of nitrogens with zero attached hydrogens (tertiary/aromatic N) is 3. The first kappa shape index (κ1) is 13.5. The number of halogens is 1. The Morgan fingerprint density at radius 1 is 1.09 bits per heavy atom. The van der Waals surface area contributed by atoms with Crippen LogP contribution in [-0.2, 0) is 0 Å². The molecular formula is C17H18FN3O. The molecule has 114 valence electrons. The van der Waals surface area contributed by atoms with Gasteiger partial charge in [-0.05, 0) is 43.9 Å². The van der Waals surface area contributed by atoms with Gasteiger partial charge in [-0.15, -0.1) is 0 Å². The quantitative estimate of drug-likeness (QED) is 0.855. The zero-order valence-corrected chi connectivity index (χ0v) is 12.2. The highest BCUT2D eigenvalue weighted by atomic mass is 19.1. The summed E-state index contributed by atoms with van der Waals surface area (Å²) in [7, 11) is 0. The third-order valence-corrected chi connectivity index (χ3v) is 4.95. The van der Waals surface area contributed by atoms with E-state index in [-0.39, 0.29) is 23.6 Å². The number of amides is 1. The van der Waals surface area contributed by atoms with Crippen LogP contribution in [0.5, 0.6) is 0 Å². The summed E-state index contributed by atoms with van der Waals surface area (Å²) in [6.07, 6.45) is 7.58. The first-order valence-electron chi connectivity index (χ1n) is 7.80. The van der Waals surface area contributed by atoms with Crippen molar-refractivity contribution < 1.29 is 9.18 Å². The van der Waals surface area contributed by atoms with Gasteiger partial charge in [-0.25, -0.2) is 4.39 Å². The summed E-state index contributed by atoms with van der Waals surface area (Å²) >= 11 is 0. The maximum atomic E-state index is 13.9. The van der Waals surface area contributed by atoms with Crippen LogP contribution in [0, 0.1) is 5.82 Å². The second kappa shape index (κ2) is 5.23. The minimum atomic E-state index is -0.430. The summed E-state index contributed by atoms with van der Waals surface area (Å²) in [6, 6.07) is 8.93. The molecule has 1 aromatic carbocycles. The van der Waals surface area contributed by atoms with Gasteiger partial charge in [0.05, 0.1) is 11.6 Å². The van der Waals surface area contributed by atoms with E-state index in [1.165, 1.54) is 6.07 Å². The third kappa shape index (κ3) is 2.12. The molecule has 5 heteroatoms. The van der Waals surface area contributed by atoms with Gasteiger partial charge in [-0.1, -0.05) is 12.1 Å². The van der Waals surface area contributed by atoms with Gasteiger partial charge >= 0.3 is 0 Å². The molecule has 0 aliphatic carbocycles. The van der Waals surface area contributed by atoms with Crippen LogP contribution >= 0.6 is 0 Å². The number of hydrogen-bond acceptors (Lipinski definition) is 2. The van der Waals surface area contributed by atoms with Crippen LogP contribution in [0.25, 0.3) is 0 Å². The Bertz CT molecular complexity index is 671. The number of benzene rings is 1. The SMILES string of the molecule is O=C(c1ccccc1F)N1C2CCC1CC(n1cccn1)C2. The van der Waals surface area contributed by atoms with Crippen LogP contribution < -0.4 is 0 Å². The van der Waals surface area contributed by atoms with Crippen molar-refractivity contribution in [2.24, 2.45) is 0 Å². The van der Waals surface area contributed by atoms with Gasteiger partial charge in [-0.3, -0.25) is 9.48 Å². The minimum Gasteiger partial charge on any atom is -0.332 e. The Kier molecular flexibility index (Phi) is 3.21. The van der Waals surface area contributed by atoms with E-state index in [2.05, 4.69) is 5.10 Å². The van der Waals surface area contributed by atoms with Gasteiger partial charge in [0, 0.05) is 24.5 Å². The smallest absolute Gasteiger partial charge is 0.257 e. The summed E-state index contributed by atoms with van der Waals surface area (Å²) in [4.78, 5) is 14.7. The monoisotopic (exact) mass is 299 g/mol. The molecule has 0 radical (unpaired) electrons. The Balaban J connectivity index is 1.58. The van der Waals surface area contributed by atoms with E-state index in [1.807, 2.05) is 21.8 Å². The first-order valence-corrected chi connectivity index (χ1v) is 7.80. The standard InChI is InChI=1S/C17H18FN3O/c18-16-5-2-1-4-15(16)17(22)21-12-6-7-13(21)11-14(10-12)20-9-3-8-19-20/h1-5,8-9,12-14H,6-7,10-11H2. The lowest BCUT2D eigenvalue weighted by Crippen LogP contribution is -2.47. The average molecular weight is 299 g/mol. The second-order valence-electron chi connectivity index (χ2n) is 6.19. The molecule has 2 fully saturated rings. The van der Waals surface area contributed by atoms with Gasteiger partial charge < -0.3 is 4.90 Å². The number of hydrogen-bond donors (Lipinski definition) is 0. The maximum Gasteiger partial charge on any atom is 0.257 e. The molecule has 2 atom stereocenters.